The van der Waals surface area contributed by atoms with Crippen LogP contribution in [0.15, 0.2) is 23.9 Å². The van der Waals surface area contributed by atoms with Crippen LogP contribution in [0.4, 0.5) is 15.8 Å². The van der Waals surface area contributed by atoms with E-state index in [4.69, 9.17) is 23.7 Å². The van der Waals surface area contributed by atoms with Crippen LogP contribution < -0.4 is 22.1 Å². The van der Waals surface area contributed by atoms with Crippen LogP contribution in [-0.2, 0) is 4.79 Å². The summed E-state index contributed by atoms with van der Waals surface area (Å²) < 4.78 is 14.3. The molecule has 6 nitrogen and oxygen atoms in total. The lowest BCUT2D eigenvalue weighted by Crippen LogP contribution is -2.24. The van der Waals surface area contributed by atoms with E-state index in [0.29, 0.717) is 17.8 Å². The number of primary amides is 1. The number of carbonyl (C=O) groups is 2. The van der Waals surface area contributed by atoms with Gasteiger partial charge in [0, 0.05) is 11.4 Å². The van der Waals surface area contributed by atoms with Gasteiger partial charge in [-0.05, 0) is 37.5 Å². The molecule has 0 aliphatic heterocycles. The first kappa shape index (κ1) is 20.6. The van der Waals surface area contributed by atoms with Crippen molar-refractivity contribution in [3.8, 4) is 0 Å². The normalized spacial score (nSPS) is 12.6. The molecular formula is C17H23FN4O2S. The fraction of sp³-hybridized carbons (Fsp3) is 0.353. The van der Waals surface area contributed by atoms with E-state index < -0.39 is 17.8 Å². The van der Waals surface area contributed by atoms with Crippen molar-refractivity contribution in [1.29, 1.82) is 0 Å². The molecule has 0 spiro atoms. The highest BCUT2D eigenvalue weighted by molar-refractivity contribution is 7.81. The van der Waals surface area contributed by atoms with Gasteiger partial charge < -0.3 is 26.9 Å². The summed E-state index contributed by atoms with van der Waals surface area (Å²) in [6, 6.07) is 2.12. The largest absolute Gasteiger partial charge is 0.402 e. The minimum absolute atomic E-state index is 0.103. The van der Waals surface area contributed by atoms with E-state index in [1.807, 2.05) is 13.8 Å². The number of hydrogen-bond donors (Lipinski definition) is 4. The van der Waals surface area contributed by atoms with Gasteiger partial charge in [0.25, 0.3) is 5.91 Å². The zero-order chi connectivity index (χ0) is 19.1. The van der Waals surface area contributed by atoms with Crippen molar-refractivity contribution >= 4 is 40.8 Å². The Hall–Kier alpha value is -2.48. The van der Waals surface area contributed by atoms with Gasteiger partial charge in [0.15, 0.2) is 0 Å². The third kappa shape index (κ3) is 6.50. The summed E-state index contributed by atoms with van der Waals surface area (Å²) >= 11 is 5.09. The Morgan fingerprint density at radius 1 is 1.36 bits per heavy atom. The van der Waals surface area contributed by atoms with Crippen LogP contribution in [0.2, 0.25) is 0 Å². The molecule has 0 radical (unpaired) electrons. The predicted molar refractivity (Wildman–Crippen MR) is 102 cm³/mol. The molecule has 0 saturated heterocycles. The Bertz CT molecular complexity index is 700. The third-order valence-electron chi connectivity index (χ3n) is 3.19. The summed E-state index contributed by atoms with van der Waals surface area (Å²) in [5.74, 6) is -1.47. The minimum Gasteiger partial charge on any atom is -0.402 e. The number of aldehydes is 1. The van der Waals surface area contributed by atoms with Crippen LogP contribution in [0.3, 0.4) is 0 Å². The molecule has 0 aromatic heterocycles. The molecule has 1 aromatic carbocycles. The van der Waals surface area contributed by atoms with E-state index in [-0.39, 0.29) is 22.2 Å². The van der Waals surface area contributed by atoms with E-state index in [1.54, 1.807) is 6.92 Å². The number of halogens is 1. The zero-order valence-corrected chi connectivity index (χ0v) is 15.2. The highest BCUT2D eigenvalue weighted by Gasteiger charge is 2.18. The van der Waals surface area contributed by atoms with Gasteiger partial charge in [-0.3, -0.25) is 4.79 Å². The van der Waals surface area contributed by atoms with E-state index in [2.05, 4.69) is 10.6 Å². The van der Waals surface area contributed by atoms with E-state index in [0.717, 1.165) is 12.4 Å². The van der Waals surface area contributed by atoms with Crippen molar-refractivity contribution < 1.29 is 14.0 Å². The molecule has 0 saturated carbocycles. The highest BCUT2D eigenvalue weighted by Crippen LogP contribution is 2.26. The van der Waals surface area contributed by atoms with Gasteiger partial charge in [-0.1, -0.05) is 26.1 Å². The fourth-order valence-corrected chi connectivity index (χ4v) is 2.58. The number of anilines is 2. The number of nitrogens with one attached hydrogen (secondary N) is 2. The van der Waals surface area contributed by atoms with Crippen molar-refractivity contribution in [2.75, 3.05) is 10.6 Å². The van der Waals surface area contributed by atoms with Crippen molar-refractivity contribution in [2.24, 2.45) is 17.4 Å². The Morgan fingerprint density at radius 2 is 2.00 bits per heavy atom. The van der Waals surface area contributed by atoms with Crippen LogP contribution in [0, 0.1) is 11.7 Å². The van der Waals surface area contributed by atoms with Crippen LogP contribution in [0.1, 0.15) is 37.6 Å². The third-order valence-corrected chi connectivity index (χ3v) is 3.41. The molecule has 0 fully saturated rings. The lowest BCUT2D eigenvalue weighted by molar-refractivity contribution is -0.108. The number of amides is 1. The average Bonchev–Trinajstić information content (AvgIpc) is 2.43. The summed E-state index contributed by atoms with van der Waals surface area (Å²) in [7, 11) is 0. The number of allylic oxidation sites excluding steroid dienone is 1. The number of hydrogen-bond acceptors (Lipinski definition) is 5. The lowest BCUT2D eigenvalue weighted by Gasteiger charge is -2.18. The van der Waals surface area contributed by atoms with Crippen LogP contribution in [-0.4, -0.2) is 23.2 Å². The van der Waals surface area contributed by atoms with Crippen molar-refractivity contribution in [3.05, 3.63) is 35.3 Å². The molecular weight excluding hydrogens is 343 g/mol. The first-order chi connectivity index (χ1) is 11.6. The van der Waals surface area contributed by atoms with Crippen LogP contribution >= 0.6 is 12.2 Å². The SMILES string of the molecule is CC(N)=CC(=S)Nc1cc(N[C@@H](C=O)CC(C)C)cc(F)c1C(N)=O. The van der Waals surface area contributed by atoms with E-state index in [1.165, 1.54) is 12.1 Å². The number of nitrogens with two attached hydrogens (primary N) is 2. The number of thiocarbonyl (C=S) groups is 1. The van der Waals surface area contributed by atoms with Gasteiger partial charge in [-0.2, -0.15) is 0 Å². The Kier molecular flexibility index (Phi) is 7.50. The predicted octanol–water partition coefficient (Wildman–Crippen LogP) is 2.55. The Balaban J connectivity index is 3.22. The van der Waals surface area contributed by atoms with Crippen molar-refractivity contribution in [2.45, 2.75) is 33.2 Å². The highest BCUT2D eigenvalue weighted by atomic mass is 32.1. The summed E-state index contributed by atoms with van der Waals surface area (Å²) in [4.78, 5) is 23.0. The van der Waals surface area contributed by atoms with Gasteiger partial charge in [-0.15, -0.1) is 0 Å². The summed E-state index contributed by atoms with van der Waals surface area (Å²) in [6.07, 6.45) is 2.81. The van der Waals surface area contributed by atoms with Crippen molar-refractivity contribution in [1.82, 2.24) is 0 Å². The molecule has 0 aliphatic carbocycles. The lowest BCUT2D eigenvalue weighted by atomic mass is 10.0. The maximum atomic E-state index is 14.3. The Morgan fingerprint density at radius 3 is 2.48 bits per heavy atom. The molecule has 136 valence electrons. The second-order valence-corrected chi connectivity index (χ2v) is 6.58. The second-order valence-electron chi connectivity index (χ2n) is 6.14. The monoisotopic (exact) mass is 366 g/mol. The molecule has 1 rings (SSSR count). The smallest absolute Gasteiger partial charge is 0.253 e. The molecule has 1 aromatic rings. The van der Waals surface area contributed by atoms with Crippen LogP contribution in [0.5, 0.6) is 0 Å². The first-order valence-electron chi connectivity index (χ1n) is 7.74. The maximum Gasteiger partial charge on any atom is 0.253 e. The molecule has 25 heavy (non-hydrogen) atoms. The topological polar surface area (TPSA) is 110 Å². The average molecular weight is 366 g/mol. The standard InChI is InChI=1S/C17H23FN4O2S/c1-9(2)4-12(8-23)21-11-6-13(18)16(17(20)24)14(7-11)22-15(25)5-10(3)19/h5-9,12,21H,4,19H2,1-3H3,(H2,20,24)(H,22,25)/t12-/m1/s1. The molecule has 0 aliphatic rings. The minimum atomic E-state index is -0.933. The summed E-state index contributed by atoms with van der Waals surface area (Å²) in [6.45, 7) is 5.59. The fourth-order valence-electron chi connectivity index (χ4n) is 2.29. The summed E-state index contributed by atoms with van der Waals surface area (Å²) in [5, 5.41) is 5.68. The molecule has 0 bridgehead atoms. The van der Waals surface area contributed by atoms with E-state index >= 15 is 0 Å². The van der Waals surface area contributed by atoms with Gasteiger partial charge in [-0.25, -0.2) is 4.39 Å². The van der Waals surface area contributed by atoms with Gasteiger partial charge in [0.2, 0.25) is 0 Å². The quantitative estimate of drug-likeness (QED) is 0.320. The van der Waals surface area contributed by atoms with Gasteiger partial charge >= 0.3 is 0 Å². The first-order valence-corrected chi connectivity index (χ1v) is 8.14. The molecule has 0 heterocycles. The van der Waals surface area contributed by atoms with Crippen molar-refractivity contribution in [3.63, 3.8) is 0 Å². The summed E-state index contributed by atoms with van der Waals surface area (Å²) in [5.41, 5.74) is 11.4. The number of carbonyl (C=O) groups excluding carboxylic acids is 2. The molecule has 1 amide bonds. The van der Waals surface area contributed by atoms with Gasteiger partial charge in [0.05, 0.1) is 17.3 Å². The van der Waals surface area contributed by atoms with Gasteiger partial charge in [0.1, 0.15) is 17.1 Å². The molecule has 8 heteroatoms. The zero-order valence-electron chi connectivity index (χ0n) is 14.4. The molecule has 1 atom stereocenters. The maximum absolute atomic E-state index is 14.3. The molecule has 0 unspecified atom stereocenters. The number of benzene rings is 1. The van der Waals surface area contributed by atoms with E-state index in [9.17, 15) is 14.0 Å². The molecule has 6 N–H and O–H groups in total. The second kappa shape index (κ2) is 9.12. The van der Waals surface area contributed by atoms with Crippen LogP contribution in [0.25, 0.3) is 0 Å². The Labute approximate surface area is 151 Å². The number of rotatable bonds is 8.